The summed E-state index contributed by atoms with van der Waals surface area (Å²) in [6, 6.07) is 9.92. The number of Topliss-reactive ketones (excluding diaryl/α,β-unsaturated/α-hetero) is 1. The number of hydrogen-bond donors (Lipinski definition) is 0. The highest BCUT2D eigenvalue weighted by molar-refractivity contribution is 6.10. The maximum atomic E-state index is 12.8. The minimum Gasteiger partial charge on any atom is -0.352 e. The molecule has 1 fully saturated rings. The van der Waals surface area contributed by atoms with Gasteiger partial charge in [-0.25, -0.2) is 4.98 Å². The lowest BCUT2D eigenvalue weighted by Crippen LogP contribution is -2.49. The highest BCUT2D eigenvalue weighted by Gasteiger charge is 2.29. The highest BCUT2D eigenvalue weighted by atomic mass is 16.2. The van der Waals surface area contributed by atoms with Crippen molar-refractivity contribution >= 4 is 23.1 Å². The zero-order chi connectivity index (χ0) is 18.6. The molecule has 0 saturated carbocycles. The first-order valence-electron chi connectivity index (χ1n) is 9.32. The number of carbonyl (C=O) groups excluding carboxylic acids is 2. The Labute approximate surface area is 158 Å². The normalized spacial score (nSPS) is 17.6. The van der Waals surface area contributed by atoms with Gasteiger partial charge in [-0.2, -0.15) is 0 Å². The summed E-state index contributed by atoms with van der Waals surface area (Å²) in [7, 11) is 0. The lowest BCUT2D eigenvalue weighted by molar-refractivity contribution is -0.131. The number of piperazine rings is 1. The van der Waals surface area contributed by atoms with Gasteiger partial charge >= 0.3 is 0 Å². The molecule has 138 valence electrons. The van der Waals surface area contributed by atoms with Crippen molar-refractivity contribution in [3.63, 3.8) is 0 Å². The maximum absolute atomic E-state index is 12.8. The summed E-state index contributed by atoms with van der Waals surface area (Å²) in [6.07, 6.45) is 6.51. The van der Waals surface area contributed by atoms with Gasteiger partial charge in [0.1, 0.15) is 5.82 Å². The SMILES string of the molecule is O=C1CCC(c2ccccc2)=C1CC(=O)N1CCN(c2cnccn2)CC1. The van der Waals surface area contributed by atoms with E-state index in [1.807, 2.05) is 35.2 Å². The third kappa shape index (κ3) is 3.74. The van der Waals surface area contributed by atoms with Gasteiger partial charge in [0.05, 0.1) is 12.6 Å². The predicted octanol–water partition coefficient (Wildman–Crippen LogP) is 2.33. The summed E-state index contributed by atoms with van der Waals surface area (Å²) in [5.41, 5.74) is 2.79. The van der Waals surface area contributed by atoms with E-state index in [4.69, 9.17) is 0 Å². The molecular weight excluding hydrogens is 340 g/mol. The smallest absolute Gasteiger partial charge is 0.227 e. The first-order chi connectivity index (χ1) is 13.2. The summed E-state index contributed by atoms with van der Waals surface area (Å²) >= 11 is 0. The van der Waals surface area contributed by atoms with Gasteiger partial charge in [-0.15, -0.1) is 0 Å². The van der Waals surface area contributed by atoms with Crippen LogP contribution in [0, 0.1) is 0 Å². The van der Waals surface area contributed by atoms with Crippen LogP contribution in [-0.4, -0.2) is 52.7 Å². The van der Waals surface area contributed by atoms with E-state index in [2.05, 4.69) is 14.9 Å². The third-order valence-corrected chi connectivity index (χ3v) is 5.26. The number of allylic oxidation sites excluding steroid dienone is 1. The van der Waals surface area contributed by atoms with Crippen molar-refractivity contribution in [2.75, 3.05) is 31.1 Å². The zero-order valence-corrected chi connectivity index (χ0v) is 15.2. The van der Waals surface area contributed by atoms with Crippen molar-refractivity contribution in [1.29, 1.82) is 0 Å². The van der Waals surface area contributed by atoms with Crippen LogP contribution in [0.2, 0.25) is 0 Å². The average Bonchev–Trinajstić information content (AvgIpc) is 3.09. The number of aromatic nitrogens is 2. The second kappa shape index (κ2) is 7.70. The molecule has 0 atom stereocenters. The fourth-order valence-corrected chi connectivity index (χ4v) is 3.77. The molecular formula is C21H22N4O2. The standard InChI is InChI=1S/C21H22N4O2/c26-19-7-6-17(16-4-2-1-3-5-16)18(19)14-21(27)25-12-10-24(11-13-25)20-15-22-8-9-23-20/h1-5,8-9,15H,6-7,10-14H2. The Bertz CT molecular complexity index is 856. The van der Waals surface area contributed by atoms with Crippen LogP contribution in [0.3, 0.4) is 0 Å². The van der Waals surface area contributed by atoms with Crippen molar-refractivity contribution in [2.45, 2.75) is 19.3 Å². The fourth-order valence-electron chi connectivity index (χ4n) is 3.77. The molecule has 0 radical (unpaired) electrons. The number of benzene rings is 1. The molecule has 1 amide bonds. The van der Waals surface area contributed by atoms with E-state index in [1.54, 1.807) is 18.6 Å². The van der Waals surface area contributed by atoms with Gasteiger partial charge in [0.25, 0.3) is 0 Å². The highest BCUT2D eigenvalue weighted by Crippen LogP contribution is 2.33. The second-order valence-corrected chi connectivity index (χ2v) is 6.85. The number of carbonyl (C=O) groups is 2. The lowest BCUT2D eigenvalue weighted by Gasteiger charge is -2.35. The Morgan fingerprint density at radius 3 is 2.48 bits per heavy atom. The molecule has 0 N–H and O–H groups in total. The van der Waals surface area contributed by atoms with Gasteiger partial charge < -0.3 is 9.80 Å². The van der Waals surface area contributed by atoms with E-state index in [0.29, 0.717) is 25.1 Å². The van der Waals surface area contributed by atoms with Crippen LogP contribution in [0.25, 0.3) is 5.57 Å². The summed E-state index contributed by atoms with van der Waals surface area (Å²) in [6.45, 7) is 2.72. The van der Waals surface area contributed by atoms with Gasteiger partial charge in [0.2, 0.25) is 5.91 Å². The molecule has 27 heavy (non-hydrogen) atoms. The Morgan fingerprint density at radius 2 is 1.78 bits per heavy atom. The van der Waals surface area contributed by atoms with Crippen LogP contribution in [0.15, 0.2) is 54.5 Å². The molecule has 2 aromatic rings. The quantitative estimate of drug-likeness (QED) is 0.835. The van der Waals surface area contributed by atoms with E-state index < -0.39 is 0 Å². The Hall–Kier alpha value is -3.02. The molecule has 1 aliphatic heterocycles. The van der Waals surface area contributed by atoms with Gasteiger partial charge in [-0.05, 0) is 17.6 Å². The number of amides is 1. The Kier molecular flexibility index (Phi) is 4.96. The topological polar surface area (TPSA) is 66.4 Å². The monoisotopic (exact) mass is 362 g/mol. The minimum absolute atomic E-state index is 0.0347. The number of ketones is 1. The van der Waals surface area contributed by atoms with E-state index in [1.165, 1.54) is 0 Å². The number of rotatable bonds is 4. The molecule has 6 nitrogen and oxygen atoms in total. The van der Waals surface area contributed by atoms with E-state index in [9.17, 15) is 9.59 Å². The minimum atomic E-state index is 0.0347. The van der Waals surface area contributed by atoms with E-state index in [-0.39, 0.29) is 18.1 Å². The van der Waals surface area contributed by atoms with Crippen LogP contribution in [0.1, 0.15) is 24.8 Å². The number of hydrogen-bond acceptors (Lipinski definition) is 5. The largest absolute Gasteiger partial charge is 0.352 e. The van der Waals surface area contributed by atoms with Gasteiger partial charge in [-0.1, -0.05) is 30.3 Å². The second-order valence-electron chi connectivity index (χ2n) is 6.85. The van der Waals surface area contributed by atoms with Gasteiger partial charge in [0.15, 0.2) is 5.78 Å². The summed E-state index contributed by atoms with van der Waals surface area (Å²) < 4.78 is 0. The lowest BCUT2D eigenvalue weighted by atomic mass is 9.99. The van der Waals surface area contributed by atoms with Gasteiger partial charge in [0, 0.05) is 50.6 Å². The van der Waals surface area contributed by atoms with Crippen LogP contribution in [0.4, 0.5) is 5.82 Å². The molecule has 4 rings (SSSR count). The maximum Gasteiger partial charge on any atom is 0.227 e. The van der Waals surface area contributed by atoms with Crippen LogP contribution in [-0.2, 0) is 9.59 Å². The molecule has 1 aliphatic carbocycles. The Balaban J connectivity index is 1.42. The molecule has 0 unspecified atom stereocenters. The van der Waals surface area contributed by atoms with Crippen molar-refractivity contribution in [3.8, 4) is 0 Å². The fraction of sp³-hybridized carbons (Fsp3) is 0.333. The van der Waals surface area contributed by atoms with Crippen LogP contribution in [0.5, 0.6) is 0 Å². The number of nitrogens with zero attached hydrogens (tertiary/aromatic N) is 4. The van der Waals surface area contributed by atoms with Crippen molar-refractivity contribution in [3.05, 3.63) is 60.1 Å². The van der Waals surface area contributed by atoms with E-state index in [0.717, 1.165) is 36.5 Å². The summed E-state index contributed by atoms with van der Waals surface area (Å²) in [4.78, 5) is 37.6. The van der Waals surface area contributed by atoms with Crippen LogP contribution >= 0.6 is 0 Å². The summed E-state index contributed by atoms with van der Waals surface area (Å²) in [5, 5.41) is 0. The molecule has 2 heterocycles. The first kappa shape index (κ1) is 17.4. The van der Waals surface area contributed by atoms with Crippen molar-refractivity contribution in [2.24, 2.45) is 0 Å². The predicted molar refractivity (Wildman–Crippen MR) is 103 cm³/mol. The zero-order valence-electron chi connectivity index (χ0n) is 15.2. The molecule has 2 aliphatic rings. The first-order valence-corrected chi connectivity index (χ1v) is 9.32. The Morgan fingerprint density at radius 1 is 1.00 bits per heavy atom. The summed E-state index contributed by atoms with van der Waals surface area (Å²) in [5.74, 6) is 0.984. The van der Waals surface area contributed by atoms with Crippen molar-refractivity contribution in [1.82, 2.24) is 14.9 Å². The molecule has 1 saturated heterocycles. The third-order valence-electron chi connectivity index (χ3n) is 5.26. The molecule has 0 spiro atoms. The van der Waals surface area contributed by atoms with E-state index >= 15 is 0 Å². The van der Waals surface area contributed by atoms with Gasteiger partial charge in [-0.3, -0.25) is 14.6 Å². The molecule has 1 aromatic heterocycles. The van der Waals surface area contributed by atoms with Crippen molar-refractivity contribution < 1.29 is 9.59 Å². The molecule has 0 bridgehead atoms. The molecule has 6 heteroatoms. The number of anilines is 1. The molecule has 1 aromatic carbocycles. The van der Waals surface area contributed by atoms with Crippen LogP contribution < -0.4 is 4.90 Å². The average molecular weight is 362 g/mol.